The van der Waals surface area contributed by atoms with Gasteiger partial charge in [-0.1, -0.05) is 6.92 Å². The third kappa shape index (κ3) is 2.74. The van der Waals surface area contributed by atoms with Crippen LogP contribution in [0.2, 0.25) is 0 Å². The quantitative estimate of drug-likeness (QED) is 0.577. The highest BCUT2D eigenvalue weighted by molar-refractivity contribution is 5.78. The number of nitrogens with one attached hydrogen (secondary N) is 1. The number of hydrogen-bond donors (Lipinski definition) is 2. The third-order valence-electron chi connectivity index (χ3n) is 3.08. The average Bonchev–Trinajstić information content (AvgIpc) is 2.80. The van der Waals surface area contributed by atoms with Gasteiger partial charge < -0.3 is 10.6 Å². The zero-order valence-corrected chi connectivity index (χ0v) is 9.69. The van der Waals surface area contributed by atoms with Crippen LogP contribution in [0.15, 0.2) is 17.3 Å². The van der Waals surface area contributed by atoms with E-state index in [9.17, 15) is 0 Å². The number of nitrogens with zero attached hydrogens (tertiary/aromatic N) is 3. The van der Waals surface area contributed by atoms with Gasteiger partial charge in [0, 0.05) is 19.3 Å². The van der Waals surface area contributed by atoms with Gasteiger partial charge in [-0.05, 0) is 24.8 Å². The molecule has 0 aliphatic carbocycles. The van der Waals surface area contributed by atoms with Crippen molar-refractivity contribution in [2.75, 3.05) is 13.1 Å². The predicted octanol–water partition coefficient (Wildman–Crippen LogP) is 0.956. The molecule has 0 unspecified atom stereocenters. The van der Waals surface area contributed by atoms with Gasteiger partial charge >= 0.3 is 0 Å². The van der Waals surface area contributed by atoms with Crippen molar-refractivity contribution in [3.05, 3.63) is 18.0 Å². The van der Waals surface area contributed by atoms with E-state index < -0.39 is 0 Å². The van der Waals surface area contributed by atoms with Gasteiger partial charge in [0.1, 0.15) is 0 Å². The number of likely N-dealkylation sites (tertiary alicyclic amines) is 1. The lowest BCUT2D eigenvalue weighted by Gasteiger charge is -2.30. The second-order valence-electron chi connectivity index (χ2n) is 4.43. The van der Waals surface area contributed by atoms with Crippen LogP contribution < -0.4 is 5.73 Å². The number of hydrogen-bond acceptors (Lipinski definition) is 2. The fraction of sp³-hybridized carbons (Fsp3) is 0.636. The van der Waals surface area contributed by atoms with Crippen molar-refractivity contribution in [1.29, 1.82) is 0 Å². The van der Waals surface area contributed by atoms with Crippen LogP contribution in [0.25, 0.3) is 0 Å². The Hall–Kier alpha value is -1.52. The minimum Gasteiger partial charge on any atom is -0.370 e. The molecule has 5 heteroatoms. The lowest BCUT2D eigenvalue weighted by Crippen LogP contribution is -2.42. The Morgan fingerprint density at radius 3 is 3.00 bits per heavy atom. The van der Waals surface area contributed by atoms with Gasteiger partial charge in [0.15, 0.2) is 5.96 Å². The molecule has 0 saturated carbocycles. The summed E-state index contributed by atoms with van der Waals surface area (Å²) >= 11 is 0. The molecule has 1 aromatic rings. The molecule has 0 amide bonds. The number of guanidine groups is 1. The van der Waals surface area contributed by atoms with Crippen molar-refractivity contribution in [2.45, 2.75) is 26.3 Å². The summed E-state index contributed by atoms with van der Waals surface area (Å²) < 4.78 is 0. The maximum absolute atomic E-state index is 5.95. The first-order valence-corrected chi connectivity index (χ1v) is 5.79. The average molecular weight is 221 g/mol. The van der Waals surface area contributed by atoms with E-state index in [1.807, 2.05) is 6.07 Å². The number of nitrogens with two attached hydrogens (primary N) is 1. The molecule has 1 saturated heterocycles. The van der Waals surface area contributed by atoms with E-state index in [1.54, 1.807) is 6.20 Å². The molecule has 0 radical (unpaired) electrons. The first kappa shape index (κ1) is 11.0. The lowest BCUT2D eigenvalue weighted by atomic mass is 10.00. The maximum atomic E-state index is 5.95. The van der Waals surface area contributed by atoms with E-state index in [2.05, 4.69) is 27.0 Å². The molecule has 0 aromatic carbocycles. The Morgan fingerprint density at radius 1 is 1.62 bits per heavy atom. The van der Waals surface area contributed by atoms with Gasteiger partial charge in [0.05, 0.1) is 12.2 Å². The zero-order valence-electron chi connectivity index (χ0n) is 9.69. The fourth-order valence-electron chi connectivity index (χ4n) is 1.88. The Bertz CT molecular complexity index is 335. The summed E-state index contributed by atoms with van der Waals surface area (Å²) in [5.74, 6) is 1.47. The standard InChI is InChI=1S/C11H19N5/c1-9-3-6-16(7-4-9)11(12)13-8-10-2-5-14-15-10/h2,5,9H,3-4,6-8H2,1H3,(H2,12,13)(H,14,15). The van der Waals surface area contributed by atoms with Crippen LogP contribution in [0.4, 0.5) is 0 Å². The third-order valence-corrected chi connectivity index (χ3v) is 3.08. The first-order chi connectivity index (χ1) is 7.75. The van der Waals surface area contributed by atoms with Gasteiger partial charge in [0.25, 0.3) is 0 Å². The summed E-state index contributed by atoms with van der Waals surface area (Å²) in [5.41, 5.74) is 6.95. The smallest absolute Gasteiger partial charge is 0.191 e. The van der Waals surface area contributed by atoms with E-state index in [1.165, 1.54) is 12.8 Å². The molecule has 1 aliphatic heterocycles. The van der Waals surface area contributed by atoms with Crippen molar-refractivity contribution >= 4 is 5.96 Å². The summed E-state index contributed by atoms with van der Waals surface area (Å²) in [6, 6.07) is 1.91. The van der Waals surface area contributed by atoms with E-state index >= 15 is 0 Å². The Balaban J connectivity index is 1.86. The molecule has 3 N–H and O–H groups in total. The van der Waals surface area contributed by atoms with Crippen LogP contribution in [-0.2, 0) is 6.54 Å². The first-order valence-electron chi connectivity index (χ1n) is 5.79. The molecule has 1 aromatic heterocycles. The lowest BCUT2D eigenvalue weighted by molar-refractivity contribution is 0.277. The van der Waals surface area contributed by atoms with Gasteiger partial charge in [-0.2, -0.15) is 5.10 Å². The van der Waals surface area contributed by atoms with Crippen LogP contribution in [0, 0.1) is 5.92 Å². The molecule has 2 heterocycles. The second-order valence-corrected chi connectivity index (χ2v) is 4.43. The molecule has 88 valence electrons. The number of H-pyrrole nitrogens is 1. The van der Waals surface area contributed by atoms with Crippen molar-refractivity contribution in [3.8, 4) is 0 Å². The number of aromatic nitrogens is 2. The minimum atomic E-state index is 0.581. The number of rotatable bonds is 2. The topological polar surface area (TPSA) is 70.3 Å². The van der Waals surface area contributed by atoms with Gasteiger partial charge in [-0.15, -0.1) is 0 Å². The summed E-state index contributed by atoms with van der Waals surface area (Å²) in [6.07, 6.45) is 4.14. The molecule has 1 aliphatic rings. The van der Waals surface area contributed by atoms with Crippen LogP contribution >= 0.6 is 0 Å². The van der Waals surface area contributed by atoms with Crippen LogP contribution in [0.1, 0.15) is 25.5 Å². The second kappa shape index (κ2) is 5.01. The highest BCUT2D eigenvalue weighted by Crippen LogP contribution is 2.15. The molecule has 5 nitrogen and oxygen atoms in total. The Morgan fingerprint density at radius 2 is 2.38 bits per heavy atom. The van der Waals surface area contributed by atoms with E-state index in [0.29, 0.717) is 12.5 Å². The summed E-state index contributed by atoms with van der Waals surface area (Å²) in [6.45, 7) is 4.92. The highest BCUT2D eigenvalue weighted by Gasteiger charge is 2.16. The van der Waals surface area contributed by atoms with Crippen molar-refractivity contribution in [1.82, 2.24) is 15.1 Å². The number of aromatic amines is 1. The van der Waals surface area contributed by atoms with Crippen molar-refractivity contribution < 1.29 is 0 Å². The highest BCUT2D eigenvalue weighted by atomic mass is 15.3. The number of piperidine rings is 1. The van der Waals surface area contributed by atoms with Crippen molar-refractivity contribution in [2.24, 2.45) is 16.6 Å². The van der Waals surface area contributed by atoms with Crippen LogP contribution in [0.3, 0.4) is 0 Å². The van der Waals surface area contributed by atoms with Gasteiger partial charge in [-0.3, -0.25) is 5.10 Å². The fourth-order valence-corrected chi connectivity index (χ4v) is 1.88. The molecule has 0 spiro atoms. The summed E-state index contributed by atoms with van der Waals surface area (Å²) in [7, 11) is 0. The Labute approximate surface area is 95.7 Å². The molecular weight excluding hydrogens is 202 g/mol. The SMILES string of the molecule is CC1CCN(C(N)=NCc2ccn[nH]2)CC1. The molecular formula is C11H19N5. The van der Waals surface area contributed by atoms with E-state index in [4.69, 9.17) is 5.73 Å². The van der Waals surface area contributed by atoms with Gasteiger partial charge in [-0.25, -0.2) is 4.99 Å². The zero-order chi connectivity index (χ0) is 11.4. The molecule has 0 atom stereocenters. The van der Waals surface area contributed by atoms with Crippen LogP contribution in [-0.4, -0.2) is 34.1 Å². The molecule has 0 bridgehead atoms. The molecule has 1 fully saturated rings. The maximum Gasteiger partial charge on any atom is 0.191 e. The van der Waals surface area contributed by atoms with Gasteiger partial charge in [0.2, 0.25) is 0 Å². The summed E-state index contributed by atoms with van der Waals surface area (Å²) in [5, 5.41) is 6.75. The predicted molar refractivity (Wildman–Crippen MR) is 63.9 cm³/mol. The molecule has 2 rings (SSSR count). The van der Waals surface area contributed by atoms with E-state index in [0.717, 1.165) is 24.7 Å². The monoisotopic (exact) mass is 221 g/mol. The van der Waals surface area contributed by atoms with E-state index in [-0.39, 0.29) is 0 Å². The van der Waals surface area contributed by atoms with Crippen LogP contribution in [0.5, 0.6) is 0 Å². The minimum absolute atomic E-state index is 0.581. The summed E-state index contributed by atoms with van der Waals surface area (Å²) in [4.78, 5) is 6.53. The normalized spacial score (nSPS) is 19.1. The Kier molecular flexibility index (Phi) is 3.44. The van der Waals surface area contributed by atoms with Crippen molar-refractivity contribution in [3.63, 3.8) is 0 Å². The number of aliphatic imine (C=N–C) groups is 1. The molecule has 16 heavy (non-hydrogen) atoms. The largest absolute Gasteiger partial charge is 0.370 e.